The summed E-state index contributed by atoms with van der Waals surface area (Å²) in [5.41, 5.74) is 7.00. The Kier molecular flexibility index (Phi) is 6.92. The van der Waals surface area contributed by atoms with Crippen LogP contribution >= 0.6 is 15.9 Å². The molecule has 19 heavy (non-hydrogen) atoms. The first-order valence-corrected chi connectivity index (χ1v) is 7.71. The van der Waals surface area contributed by atoms with Gasteiger partial charge in [-0.25, -0.2) is 0 Å². The maximum Gasteiger partial charge on any atom is 0.251 e. The van der Waals surface area contributed by atoms with Gasteiger partial charge < -0.3 is 11.1 Å². The molecule has 106 valence electrons. The van der Waals surface area contributed by atoms with E-state index in [1.807, 2.05) is 0 Å². The van der Waals surface area contributed by atoms with E-state index < -0.39 is 0 Å². The maximum atomic E-state index is 12.0. The second-order valence-electron chi connectivity index (χ2n) is 4.86. The van der Waals surface area contributed by atoms with Crippen molar-refractivity contribution in [1.82, 2.24) is 5.32 Å². The van der Waals surface area contributed by atoms with Crippen LogP contribution in [0.2, 0.25) is 0 Å². The van der Waals surface area contributed by atoms with Crippen LogP contribution in [0.4, 0.5) is 5.69 Å². The highest BCUT2D eigenvalue weighted by Crippen LogP contribution is 2.20. The Morgan fingerprint density at radius 3 is 2.74 bits per heavy atom. The number of anilines is 1. The third-order valence-electron chi connectivity index (χ3n) is 3.36. The highest BCUT2D eigenvalue weighted by atomic mass is 79.9. The Labute approximate surface area is 124 Å². The lowest BCUT2D eigenvalue weighted by Gasteiger charge is -2.15. The number of hydrogen-bond donors (Lipinski definition) is 2. The molecule has 1 rings (SSSR count). The predicted molar refractivity (Wildman–Crippen MR) is 84.2 cm³/mol. The topological polar surface area (TPSA) is 55.1 Å². The Balaban J connectivity index is 2.52. The quantitative estimate of drug-likeness (QED) is 0.744. The van der Waals surface area contributed by atoms with Crippen molar-refractivity contribution in [3.05, 3.63) is 28.2 Å². The van der Waals surface area contributed by atoms with Crippen molar-refractivity contribution in [3.8, 4) is 0 Å². The third-order valence-corrected chi connectivity index (χ3v) is 4.04. The molecular weight excluding hydrogens is 304 g/mol. The summed E-state index contributed by atoms with van der Waals surface area (Å²) in [5.74, 6) is 0.539. The second-order valence-corrected chi connectivity index (χ2v) is 5.72. The minimum absolute atomic E-state index is 0.0318. The average molecular weight is 327 g/mol. The number of benzene rings is 1. The van der Waals surface area contributed by atoms with Gasteiger partial charge in [0.1, 0.15) is 0 Å². The Morgan fingerprint density at radius 2 is 2.16 bits per heavy atom. The highest BCUT2D eigenvalue weighted by molar-refractivity contribution is 9.10. The predicted octanol–water partition coefficient (Wildman–Crippen LogP) is 3.98. The van der Waals surface area contributed by atoms with Crippen molar-refractivity contribution in [2.75, 3.05) is 12.3 Å². The molecule has 1 aromatic carbocycles. The third kappa shape index (κ3) is 5.23. The molecule has 0 aliphatic rings. The summed E-state index contributed by atoms with van der Waals surface area (Å²) in [6.45, 7) is 5.11. The molecule has 0 aromatic heterocycles. The number of amides is 1. The number of carbonyl (C=O) groups is 1. The summed E-state index contributed by atoms with van der Waals surface area (Å²) in [5, 5.41) is 3.00. The lowest BCUT2D eigenvalue weighted by Crippen LogP contribution is -2.29. The van der Waals surface area contributed by atoms with Crippen LogP contribution in [0.5, 0.6) is 0 Å². The van der Waals surface area contributed by atoms with Crippen LogP contribution in [-0.2, 0) is 0 Å². The fraction of sp³-hybridized carbons (Fsp3) is 0.533. The molecule has 3 nitrogen and oxygen atoms in total. The van der Waals surface area contributed by atoms with Crippen molar-refractivity contribution >= 4 is 27.5 Å². The minimum atomic E-state index is -0.0318. The Morgan fingerprint density at radius 1 is 1.42 bits per heavy atom. The van der Waals surface area contributed by atoms with E-state index in [0.717, 1.165) is 17.4 Å². The minimum Gasteiger partial charge on any atom is -0.398 e. The van der Waals surface area contributed by atoms with E-state index in [-0.39, 0.29) is 5.91 Å². The molecule has 0 saturated carbocycles. The zero-order valence-corrected chi connectivity index (χ0v) is 13.3. The van der Waals surface area contributed by atoms with Crippen molar-refractivity contribution in [2.45, 2.75) is 39.5 Å². The molecule has 0 radical (unpaired) electrons. The summed E-state index contributed by atoms with van der Waals surface area (Å²) >= 11 is 3.34. The molecule has 0 saturated heterocycles. The summed E-state index contributed by atoms with van der Waals surface area (Å²) in [4.78, 5) is 12.0. The first-order valence-electron chi connectivity index (χ1n) is 6.91. The molecule has 0 spiro atoms. The van der Waals surface area contributed by atoms with Gasteiger partial charge in [0, 0.05) is 22.3 Å². The maximum absolute atomic E-state index is 12.0. The van der Waals surface area contributed by atoms with Crippen LogP contribution in [0.1, 0.15) is 49.9 Å². The molecule has 1 unspecified atom stereocenters. The fourth-order valence-corrected chi connectivity index (χ4v) is 2.33. The van der Waals surface area contributed by atoms with E-state index in [4.69, 9.17) is 5.73 Å². The number of carbonyl (C=O) groups excluding carboxylic acids is 1. The van der Waals surface area contributed by atoms with Crippen LogP contribution in [0.25, 0.3) is 0 Å². The number of nitrogens with one attached hydrogen (secondary N) is 1. The van der Waals surface area contributed by atoms with Gasteiger partial charge in [-0.2, -0.15) is 0 Å². The van der Waals surface area contributed by atoms with Crippen molar-refractivity contribution in [3.63, 3.8) is 0 Å². The molecule has 4 heteroatoms. The van der Waals surface area contributed by atoms with E-state index in [9.17, 15) is 4.79 Å². The second kappa shape index (κ2) is 8.20. The number of unbranched alkanes of at least 4 members (excludes halogenated alkanes) is 1. The standard InChI is InChI=1S/C15H23BrN2O/c1-3-5-6-11(4-2)10-18-15(19)12-7-8-14(17)13(16)9-12/h7-9,11H,3-6,10,17H2,1-2H3,(H,18,19). The van der Waals surface area contributed by atoms with E-state index in [1.165, 1.54) is 19.3 Å². The molecule has 1 aromatic rings. The molecule has 0 aliphatic carbocycles. The number of nitrogens with two attached hydrogens (primary N) is 1. The lowest BCUT2D eigenvalue weighted by atomic mass is 9.99. The SMILES string of the molecule is CCCCC(CC)CNC(=O)c1ccc(N)c(Br)c1. The van der Waals surface area contributed by atoms with Gasteiger partial charge in [-0.1, -0.05) is 33.1 Å². The van der Waals surface area contributed by atoms with Crippen LogP contribution in [0, 0.1) is 5.92 Å². The van der Waals surface area contributed by atoms with Crippen molar-refractivity contribution < 1.29 is 4.79 Å². The first-order chi connectivity index (χ1) is 9.08. The van der Waals surface area contributed by atoms with Gasteiger partial charge in [-0.3, -0.25) is 4.79 Å². The zero-order chi connectivity index (χ0) is 14.3. The van der Waals surface area contributed by atoms with Crippen LogP contribution in [-0.4, -0.2) is 12.5 Å². The molecule has 0 bridgehead atoms. The molecule has 0 fully saturated rings. The van der Waals surface area contributed by atoms with Crippen LogP contribution in [0.15, 0.2) is 22.7 Å². The van der Waals surface area contributed by atoms with E-state index >= 15 is 0 Å². The van der Waals surface area contributed by atoms with Crippen molar-refractivity contribution in [1.29, 1.82) is 0 Å². The molecule has 3 N–H and O–H groups in total. The Hall–Kier alpha value is -1.03. The molecule has 0 heterocycles. The number of rotatable bonds is 7. The summed E-state index contributed by atoms with van der Waals surface area (Å²) < 4.78 is 0.762. The van der Waals surface area contributed by atoms with Gasteiger partial charge in [-0.15, -0.1) is 0 Å². The molecule has 1 atom stereocenters. The summed E-state index contributed by atoms with van der Waals surface area (Å²) in [6, 6.07) is 5.26. The molecule has 1 amide bonds. The number of hydrogen-bond acceptors (Lipinski definition) is 2. The number of halogens is 1. The average Bonchev–Trinajstić information content (AvgIpc) is 2.41. The van der Waals surface area contributed by atoms with Gasteiger partial charge in [0.25, 0.3) is 5.91 Å². The van der Waals surface area contributed by atoms with E-state index in [0.29, 0.717) is 17.2 Å². The largest absolute Gasteiger partial charge is 0.398 e. The van der Waals surface area contributed by atoms with Gasteiger partial charge >= 0.3 is 0 Å². The summed E-state index contributed by atoms with van der Waals surface area (Å²) in [6.07, 6.45) is 4.71. The summed E-state index contributed by atoms with van der Waals surface area (Å²) in [7, 11) is 0. The lowest BCUT2D eigenvalue weighted by molar-refractivity contribution is 0.0946. The van der Waals surface area contributed by atoms with Crippen molar-refractivity contribution in [2.24, 2.45) is 5.92 Å². The molecule has 0 aliphatic heterocycles. The van der Waals surface area contributed by atoms with Crippen LogP contribution < -0.4 is 11.1 Å². The molecular formula is C15H23BrN2O. The van der Waals surface area contributed by atoms with Crippen LogP contribution in [0.3, 0.4) is 0 Å². The Bertz CT molecular complexity index is 421. The normalized spacial score (nSPS) is 12.2. The fourth-order valence-electron chi connectivity index (χ4n) is 1.95. The van der Waals surface area contributed by atoms with E-state index in [2.05, 4.69) is 35.1 Å². The van der Waals surface area contributed by atoms with Gasteiger partial charge in [0.15, 0.2) is 0 Å². The van der Waals surface area contributed by atoms with Gasteiger partial charge in [-0.05, 0) is 46.5 Å². The highest BCUT2D eigenvalue weighted by Gasteiger charge is 2.10. The number of nitrogen functional groups attached to an aromatic ring is 1. The first kappa shape index (κ1) is 16.0. The van der Waals surface area contributed by atoms with Gasteiger partial charge in [0.05, 0.1) is 0 Å². The van der Waals surface area contributed by atoms with Gasteiger partial charge in [0.2, 0.25) is 0 Å². The monoisotopic (exact) mass is 326 g/mol. The zero-order valence-electron chi connectivity index (χ0n) is 11.7. The smallest absolute Gasteiger partial charge is 0.251 e. The van der Waals surface area contributed by atoms with E-state index in [1.54, 1.807) is 18.2 Å².